The van der Waals surface area contributed by atoms with Crippen molar-refractivity contribution in [2.75, 3.05) is 33.5 Å². The van der Waals surface area contributed by atoms with E-state index in [9.17, 15) is 22.8 Å². The molecule has 9 nitrogen and oxygen atoms in total. The number of carbonyl (C=O) groups is 2. The Hall–Kier alpha value is -3.84. The van der Waals surface area contributed by atoms with E-state index < -0.39 is 44.7 Å². The van der Waals surface area contributed by atoms with Gasteiger partial charge in [-0.15, -0.1) is 0 Å². The van der Waals surface area contributed by atoms with Crippen LogP contribution in [0.2, 0.25) is 0 Å². The zero-order valence-corrected chi connectivity index (χ0v) is 32.2. The van der Waals surface area contributed by atoms with E-state index in [2.05, 4.69) is 5.32 Å². The molecule has 1 unspecified atom stereocenters. The Labute approximate surface area is 327 Å². The van der Waals surface area contributed by atoms with Crippen LogP contribution in [-0.4, -0.2) is 82.9 Å². The molecular weight excluding hydrogens is 770 g/mol. The van der Waals surface area contributed by atoms with Gasteiger partial charge < -0.3 is 29.2 Å². The van der Waals surface area contributed by atoms with Gasteiger partial charge in [0.25, 0.3) is 5.91 Å². The second-order valence-electron chi connectivity index (χ2n) is 14.0. The maximum atomic E-state index is 14.9. The van der Waals surface area contributed by atoms with Crippen LogP contribution in [-0.2, 0) is 16.0 Å². The first-order valence-corrected chi connectivity index (χ1v) is 18.8. The Morgan fingerprint density at radius 3 is 2.33 bits per heavy atom. The first-order chi connectivity index (χ1) is 25.7. The number of methoxy groups -OCH3 is 1. The molecule has 2 heterocycles. The summed E-state index contributed by atoms with van der Waals surface area (Å²) in [5.74, 6) is -3.38. The van der Waals surface area contributed by atoms with Crippen molar-refractivity contribution in [2.24, 2.45) is 0 Å². The number of hydrogen-bond acceptors (Lipinski definition) is 7. The zero-order chi connectivity index (χ0) is 38.8. The maximum absolute atomic E-state index is 14.9. The summed E-state index contributed by atoms with van der Waals surface area (Å²) in [5, 5.41) is 3.38. The summed E-state index contributed by atoms with van der Waals surface area (Å²) in [6, 6.07) is 15.2. The minimum Gasteiger partial charge on any atom is -0.497 e. The third-order valence-corrected chi connectivity index (χ3v) is 11.2. The lowest BCUT2D eigenvalue weighted by Gasteiger charge is -2.48. The molecule has 0 spiro atoms. The molecule has 3 aliphatic rings. The standard InChI is InChI=1S/C39H41Cl3F3N3O6/c1-38(2,39(40,41)42)54-37(50)48-26-18-29(24-11-9-23(10-12-24)6-5-17-52-35-31(44)16-15-30(43)34(35)45)33(32(48)21-46-20-26)36(49)47(25-13-14-25)22-53-28-8-4-7-27(19-28)51-3/h4,7-12,15-16,19,25-26,32,46H,5-6,13-14,17-18,20-22H2,1-3H3/t26?,32-/m1/s1. The molecule has 15 heteroatoms. The summed E-state index contributed by atoms with van der Waals surface area (Å²) in [6.45, 7) is 3.70. The van der Waals surface area contributed by atoms with Crippen LogP contribution in [0.4, 0.5) is 18.0 Å². The number of nitrogens with one attached hydrogen (secondary N) is 1. The molecule has 2 bridgehead atoms. The molecule has 0 aromatic heterocycles. The molecule has 3 aromatic rings. The molecule has 6 rings (SSSR count). The summed E-state index contributed by atoms with van der Waals surface area (Å²) in [7, 11) is 1.56. The van der Waals surface area contributed by atoms with Crippen molar-refractivity contribution >= 4 is 52.4 Å². The number of alkyl halides is 3. The van der Waals surface area contributed by atoms with Gasteiger partial charge in [-0.25, -0.2) is 13.6 Å². The first-order valence-electron chi connectivity index (χ1n) is 17.6. The topological polar surface area (TPSA) is 89.6 Å². The van der Waals surface area contributed by atoms with E-state index in [-0.39, 0.29) is 37.9 Å². The quantitative estimate of drug-likeness (QED) is 0.0806. The van der Waals surface area contributed by atoms with Crippen molar-refractivity contribution in [3.05, 3.63) is 94.8 Å². The van der Waals surface area contributed by atoms with E-state index in [1.807, 2.05) is 24.3 Å². The van der Waals surface area contributed by atoms with E-state index in [0.717, 1.165) is 35.6 Å². The van der Waals surface area contributed by atoms with Crippen LogP contribution < -0.4 is 19.5 Å². The lowest BCUT2D eigenvalue weighted by molar-refractivity contribution is -0.131. The molecule has 2 fully saturated rings. The van der Waals surface area contributed by atoms with Crippen LogP contribution in [0.15, 0.2) is 66.2 Å². The Morgan fingerprint density at radius 2 is 1.65 bits per heavy atom. The highest BCUT2D eigenvalue weighted by Crippen LogP contribution is 2.43. The van der Waals surface area contributed by atoms with Gasteiger partial charge in [0.2, 0.25) is 9.61 Å². The number of benzene rings is 3. The van der Waals surface area contributed by atoms with Gasteiger partial charge in [0, 0.05) is 30.8 Å². The van der Waals surface area contributed by atoms with Crippen LogP contribution in [0.3, 0.4) is 0 Å². The predicted molar refractivity (Wildman–Crippen MR) is 200 cm³/mol. The molecule has 54 heavy (non-hydrogen) atoms. The van der Waals surface area contributed by atoms with Crippen molar-refractivity contribution in [3.63, 3.8) is 0 Å². The zero-order valence-electron chi connectivity index (χ0n) is 30.0. The highest BCUT2D eigenvalue weighted by Gasteiger charge is 2.50. The monoisotopic (exact) mass is 809 g/mol. The van der Waals surface area contributed by atoms with Gasteiger partial charge >= 0.3 is 6.09 Å². The fourth-order valence-corrected chi connectivity index (χ4v) is 6.73. The highest BCUT2D eigenvalue weighted by atomic mass is 35.6. The minimum atomic E-state index is -1.91. The van der Waals surface area contributed by atoms with Gasteiger partial charge in [0.05, 0.1) is 25.8 Å². The van der Waals surface area contributed by atoms with Crippen LogP contribution in [0.1, 0.15) is 50.7 Å². The van der Waals surface area contributed by atoms with Crippen molar-refractivity contribution in [1.82, 2.24) is 15.1 Å². The second-order valence-corrected chi connectivity index (χ2v) is 16.3. The van der Waals surface area contributed by atoms with E-state index in [1.54, 1.807) is 41.2 Å². The van der Waals surface area contributed by atoms with E-state index in [0.29, 0.717) is 48.9 Å². The maximum Gasteiger partial charge on any atom is 0.411 e. The molecule has 1 saturated heterocycles. The number of ether oxygens (including phenoxy) is 4. The van der Waals surface area contributed by atoms with Crippen molar-refractivity contribution < 1.29 is 41.7 Å². The molecule has 0 radical (unpaired) electrons. The normalized spacial score (nSPS) is 18.6. The number of nitrogens with zero attached hydrogens (tertiary/aromatic N) is 2. The largest absolute Gasteiger partial charge is 0.497 e. The van der Waals surface area contributed by atoms with Crippen LogP contribution >= 0.6 is 34.8 Å². The number of piperazine rings is 1. The molecule has 290 valence electrons. The number of amides is 2. The summed E-state index contributed by atoms with van der Waals surface area (Å²) >= 11 is 18.5. The number of rotatable bonds is 13. The minimum absolute atomic E-state index is 0.0216. The Bertz CT molecular complexity index is 1890. The molecule has 2 atom stereocenters. The molecular formula is C39H41Cl3F3N3O6. The number of aryl methyl sites for hydroxylation is 1. The number of hydrogen-bond donors (Lipinski definition) is 1. The van der Waals surface area contributed by atoms with E-state index >= 15 is 0 Å². The van der Waals surface area contributed by atoms with Gasteiger partial charge in [-0.3, -0.25) is 9.69 Å². The van der Waals surface area contributed by atoms with Gasteiger partial charge in [-0.1, -0.05) is 65.1 Å². The number of fused-ring (bicyclic) bond motifs is 2. The fraction of sp³-hybridized carbons (Fsp3) is 0.436. The van der Waals surface area contributed by atoms with Gasteiger partial charge in [0.15, 0.2) is 29.7 Å². The summed E-state index contributed by atoms with van der Waals surface area (Å²) in [4.78, 5) is 32.1. The number of carbonyl (C=O) groups excluding carboxylic acids is 2. The van der Waals surface area contributed by atoms with Gasteiger partial charge in [0.1, 0.15) is 11.5 Å². The lowest BCUT2D eigenvalue weighted by Crippen LogP contribution is -2.64. The predicted octanol–water partition coefficient (Wildman–Crippen LogP) is 8.24. The fourth-order valence-electron chi connectivity index (χ4n) is 6.62. The Kier molecular flexibility index (Phi) is 12.2. The van der Waals surface area contributed by atoms with E-state index in [4.69, 9.17) is 53.8 Å². The van der Waals surface area contributed by atoms with Crippen LogP contribution in [0.25, 0.3) is 5.57 Å². The van der Waals surface area contributed by atoms with E-state index in [1.165, 1.54) is 13.8 Å². The first kappa shape index (κ1) is 39.8. The van der Waals surface area contributed by atoms with Crippen molar-refractivity contribution in [3.8, 4) is 17.2 Å². The lowest BCUT2D eigenvalue weighted by atomic mass is 9.81. The molecule has 1 aliphatic carbocycles. The summed E-state index contributed by atoms with van der Waals surface area (Å²) < 4.78 is 62.1. The van der Waals surface area contributed by atoms with Crippen molar-refractivity contribution in [1.29, 1.82) is 0 Å². The van der Waals surface area contributed by atoms with Gasteiger partial charge in [-0.2, -0.15) is 4.39 Å². The van der Waals surface area contributed by atoms with Gasteiger partial charge in [-0.05, 0) is 86.9 Å². The molecule has 2 aliphatic heterocycles. The summed E-state index contributed by atoms with van der Waals surface area (Å²) in [5.41, 5.74) is 1.47. The highest BCUT2D eigenvalue weighted by molar-refractivity contribution is 6.68. The van der Waals surface area contributed by atoms with Crippen molar-refractivity contribution in [2.45, 2.75) is 73.5 Å². The summed E-state index contributed by atoms with van der Waals surface area (Å²) in [6.07, 6.45) is 2.16. The Morgan fingerprint density at radius 1 is 0.944 bits per heavy atom. The van der Waals surface area contributed by atoms with Crippen LogP contribution in [0, 0.1) is 17.5 Å². The smallest absolute Gasteiger partial charge is 0.411 e. The molecule has 2 amide bonds. The molecule has 1 N–H and O–H groups in total. The SMILES string of the molecule is COc1cccc(OCN(C(=O)C2=C(c3ccc(CCCOc4c(F)ccc(F)c4F)cc3)CC3CNC[C@H]2N3C(=O)OC(C)(C)C(Cl)(Cl)Cl)C2CC2)c1. The number of halogens is 6. The third-order valence-electron chi connectivity index (χ3n) is 9.83. The molecule has 1 saturated carbocycles. The molecule has 3 aromatic carbocycles. The Balaban J connectivity index is 1.27. The second kappa shape index (κ2) is 16.5. The average molecular weight is 811 g/mol. The average Bonchev–Trinajstić information content (AvgIpc) is 3.98. The third kappa shape index (κ3) is 8.83. The van der Waals surface area contributed by atoms with Crippen LogP contribution in [0.5, 0.6) is 17.2 Å².